The summed E-state index contributed by atoms with van der Waals surface area (Å²) in [4.78, 5) is 28.2. The van der Waals surface area contributed by atoms with Crippen LogP contribution in [0.1, 0.15) is 60.8 Å². The summed E-state index contributed by atoms with van der Waals surface area (Å²) >= 11 is 0. The Labute approximate surface area is 234 Å². The van der Waals surface area contributed by atoms with E-state index in [2.05, 4.69) is 30.5 Å². The highest BCUT2D eigenvalue weighted by Crippen LogP contribution is 2.52. The zero-order valence-electron chi connectivity index (χ0n) is 23.0. The molecule has 1 unspecified atom stereocenters. The summed E-state index contributed by atoms with van der Waals surface area (Å²) < 4.78 is 12.7. The van der Waals surface area contributed by atoms with E-state index >= 15 is 0 Å². The molecule has 1 spiro atoms. The standard InChI is InChI=1S/C30H36N6O4/c1-19(2)35-29(38)21-5-3-4-6-24(21)40-26-15-31-18-34-28(26)36-16-30(17-36)13-20(14-30)39-25-8-11-33-22-7-10-32-23(9-12-37)27(22)25/h3-6,8,11,15,18-20,23,32,37H,7,9-10,12-14,16-17H2,1-2H3,(H,35,38). The Morgan fingerprint density at radius 2 is 2.00 bits per heavy atom. The zero-order valence-corrected chi connectivity index (χ0v) is 23.0. The fourth-order valence-electron chi connectivity index (χ4n) is 6.18. The largest absolute Gasteiger partial charge is 0.490 e. The average molecular weight is 545 g/mol. The van der Waals surface area contributed by atoms with Gasteiger partial charge in [0.25, 0.3) is 5.91 Å². The number of fused-ring (bicyclic) bond motifs is 1. The van der Waals surface area contributed by atoms with Crippen LogP contribution in [0.5, 0.6) is 17.2 Å². The van der Waals surface area contributed by atoms with E-state index in [9.17, 15) is 9.90 Å². The van der Waals surface area contributed by atoms with Gasteiger partial charge in [-0.2, -0.15) is 0 Å². The highest BCUT2D eigenvalue weighted by molar-refractivity contribution is 5.97. The van der Waals surface area contributed by atoms with E-state index < -0.39 is 0 Å². The van der Waals surface area contributed by atoms with Crippen molar-refractivity contribution < 1.29 is 19.4 Å². The summed E-state index contributed by atoms with van der Waals surface area (Å²) in [5.74, 6) is 2.43. The normalized spacial score (nSPS) is 19.5. The number of aliphatic hydroxyl groups is 1. The molecular weight excluding hydrogens is 508 g/mol. The minimum atomic E-state index is -0.179. The third-order valence-corrected chi connectivity index (χ3v) is 7.95. The SMILES string of the molecule is CC(C)NC(=O)c1ccccc1Oc1cncnc1N1CC2(CC(Oc3ccnc4c3C(CCO)NCC4)C2)C1. The van der Waals surface area contributed by atoms with E-state index in [1.165, 1.54) is 6.33 Å². The Kier molecular flexibility index (Phi) is 7.29. The van der Waals surface area contributed by atoms with E-state index in [-0.39, 0.29) is 36.1 Å². The van der Waals surface area contributed by atoms with Crippen LogP contribution < -0.4 is 25.0 Å². The maximum Gasteiger partial charge on any atom is 0.255 e. The molecule has 1 aliphatic carbocycles. The highest BCUT2D eigenvalue weighted by Gasteiger charge is 2.54. The lowest BCUT2D eigenvalue weighted by Gasteiger charge is -2.59. The number of anilines is 1. The summed E-state index contributed by atoms with van der Waals surface area (Å²) in [6.45, 7) is 6.56. The molecule has 210 valence electrons. The Balaban J connectivity index is 1.10. The number of hydrogen-bond acceptors (Lipinski definition) is 9. The number of para-hydroxylation sites is 1. The summed E-state index contributed by atoms with van der Waals surface area (Å²) in [6.07, 6.45) is 8.62. The molecule has 3 N–H and O–H groups in total. The van der Waals surface area contributed by atoms with Crippen LogP contribution in [0.4, 0.5) is 5.82 Å². The Bertz CT molecular complexity index is 1370. The first-order valence-corrected chi connectivity index (χ1v) is 14.1. The molecule has 3 aromatic rings. The lowest BCUT2D eigenvalue weighted by Crippen LogP contribution is -2.65. The molecule has 1 saturated carbocycles. The molecular formula is C30H36N6O4. The number of rotatable bonds is 9. The Morgan fingerprint density at radius 3 is 2.80 bits per heavy atom. The van der Waals surface area contributed by atoms with Crippen molar-refractivity contribution in [3.8, 4) is 17.2 Å². The number of hydrogen-bond donors (Lipinski definition) is 3. The van der Waals surface area contributed by atoms with E-state index in [1.807, 2.05) is 38.2 Å². The van der Waals surface area contributed by atoms with Crippen molar-refractivity contribution in [3.63, 3.8) is 0 Å². The van der Waals surface area contributed by atoms with Crippen molar-refractivity contribution >= 4 is 11.7 Å². The molecule has 1 atom stereocenters. The summed E-state index contributed by atoms with van der Waals surface area (Å²) in [5, 5.41) is 16.0. The van der Waals surface area contributed by atoms with Gasteiger partial charge in [0.2, 0.25) is 0 Å². The fourth-order valence-corrected chi connectivity index (χ4v) is 6.18. The Hall–Kier alpha value is -3.76. The molecule has 0 radical (unpaired) electrons. The van der Waals surface area contributed by atoms with Gasteiger partial charge >= 0.3 is 0 Å². The zero-order chi connectivity index (χ0) is 27.7. The number of ether oxygens (including phenoxy) is 2. The van der Waals surface area contributed by atoms with Crippen LogP contribution in [-0.4, -0.2) is 64.4 Å². The van der Waals surface area contributed by atoms with E-state index in [0.29, 0.717) is 23.5 Å². The molecule has 10 nitrogen and oxygen atoms in total. The lowest BCUT2D eigenvalue weighted by molar-refractivity contribution is -0.0352. The van der Waals surface area contributed by atoms with E-state index in [4.69, 9.17) is 9.47 Å². The second-order valence-corrected chi connectivity index (χ2v) is 11.4. The molecule has 40 heavy (non-hydrogen) atoms. The summed E-state index contributed by atoms with van der Waals surface area (Å²) in [7, 11) is 0. The molecule has 10 heteroatoms. The molecule has 1 aromatic carbocycles. The van der Waals surface area contributed by atoms with Gasteiger partial charge < -0.3 is 30.1 Å². The topological polar surface area (TPSA) is 122 Å². The van der Waals surface area contributed by atoms with Crippen LogP contribution in [0.2, 0.25) is 0 Å². The van der Waals surface area contributed by atoms with Gasteiger partial charge in [0.1, 0.15) is 23.9 Å². The summed E-state index contributed by atoms with van der Waals surface area (Å²) in [5.41, 5.74) is 2.83. The molecule has 4 heterocycles. The maximum atomic E-state index is 12.7. The van der Waals surface area contributed by atoms with Gasteiger partial charge in [-0.3, -0.25) is 9.78 Å². The van der Waals surface area contributed by atoms with Crippen molar-refractivity contribution in [2.45, 2.75) is 57.7 Å². The quantitative estimate of drug-likeness (QED) is 0.372. The third kappa shape index (κ3) is 5.21. The van der Waals surface area contributed by atoms with Gasteiger partial charge in [0, 0.05) is 61.9 Å². The monoisotopic (exact) mass is 544 g/mol. The minimum absolute atomic E-state index is 0.0198. The van der Waals surface area contributed by atoms with Gasteiger partial charge in [-0.1, -0.05) is 12.1 Å². The molecule has 2 aromatic heterocycles. The van der Waals surface area contributed by atoms with Gasteiger partial charge in [-0.25, -0.2) is 9.97 Å². The van der Waals surface area contributed by atoms with Crippen LogP contribution >= 0.6 is 0 Å². The van der Waals surface area contributed by atoms with Crippen molar-refractivity contribution in [1.29, 1.82) is 0 Å². The average Bonchev–Trinajstić information content (AvgIpc) is 2.90. The van der Waals surface area contributed by atoms with Crippen LogP contribution in [0.15, 0.2) is 49.1 Å². The first-order valence-electron chi connectivity index (χ1n) is 14.1. The van der Waals surface area contributed by atoms with Crippen molar-refractivity contribution in [2.24, 2.45) is 5.41 Å². The van der Waals surface area contributed by atoms with Crippen LogP contribution in [0, 0.1) is 5.41 Å². The number of aliphatic hydroxyl groups excluding tert-OH is 1. The molecule has 2 aliphatic heterocycles. The number of pyridine rings is 1. The second-order valence-electron chi connectivity index (χ2n) is 11.4. The van der Waals surface area contributed by atoms with Crippen LogP contribution in [0.25, 0.3) is 0 Å². The smallest absolute Gasteiger partial charge is 0.255 e. The number of amides is 1. The fraction of sp³-hybridized carbons (Fsp3) is 0.467. The van der Waals surface area contributed by atoms with Crippen LogP contribution in [0.3, 0.4) is 0 Å². The number of carbonyl (C=O) groups excluding carboxylic acids is 1. The molecule has 1 saturated heterocycles. The number of nitrogens with one attached hydrogen (secondary N) is 2. The Morgan fingerprint density at radius 1 is 1.18 bits per heavy atom. The van der Waals surface area contributed by atoms with E-state index in [1.54, 1.807) is 18.3 Å². The minimum Gasteiger partial charge on any atom is -0.490 e. The predicted molar refractivity (Wildman–Crippen MR) is 150 cm³/mol. The van der Waals surface area contributed by atoms with Crippen molar-refractivity contribution in [3.05, 3.63) is 65.9 Å². The third-order valence-electron chi connectivity index (χ3n) is 7.95. The number of benzene rings is 1. The van der Waals surface area contributed by atoms with Gasteiger partial charge in [0.15, 0.2) is 11.6 Å². The molecule has 0 bridgehead atoms. The molecule has 6 rings (SSSR count). The number of nitrogens with zero attached hydrogens (tertiary/aromatic N) is 4. The molecule has 1 amide bonds. The summed E-state index contributed by atoms with van der Waals surface area (Å²) in [6, 6.07) is 9.26. The van der Waals surface area contributed by atoms with E-state index in [0.717, 1.165) is 61.7 Å². The van der Waals surface area contributed by atoms with Gasteiger partial charge in [-0.05, 0) is 51.3 Å². The molecule has 3 aliphatic rings. The highest BCUT2D eigenvalue weighted by atomic mass is 16.5. The second kappa shape index (κ2) is 11.0. The predicted octanol–water partition coefficient (Wildman–Crippen LogP) is 3.42. The molecule has 2 fully saturated rings. The lowest BCUT2D eigenvalue weighted by atomic mass is 9.61. The van der Waals surface area contributed by atoms with Crippen molar-refractivity contribution in [2.75, 3.05) is 31.1 Å². The first-order chi connectivity index (χ1) is 19.4. The van der Waals surface area contributed by atoms with Gasteiger partial charge in [-0.15, -0.1) is 0 Å². The van der Waals surface area contributed by atoms with Crippen LogP contribution in [-0.2, 0) is 6.42 Å². The number of carbonyl (C=O) groups is 1. The van der Waals surface area contributed by atoms with Gasteiger partial charge in [0.05, 0.1) is 17.5 Å². The number of aromatic nitrogens is 3. The first kappa shape index (κ1) is 26.5. The van der Waals surface area contributed by atoms with Crippen molar-refractivity contribution in [1.82, 2.24) is 25.6 Å². The maximum absolute atomic E-state index is 12.7.